The maximum atomic E-state index is 13.7. The van der Waals surface area contributed by atoms with E-state index in [1.54, 1.807) is 0 Å². The molecule has 1 aliphatic heterocycles. The Morgan fingerprint density at radius 1 is 1.03 bits per heavy atom. The zero-order valence-electron chi connectivity index (χ0n) is 18.1. The molecule has 4 heterocycles. The highest BCUT2D eigenvalue weighted by Gasteiger charge is 2.44. The summed E-state index contributed by atoms with van der Waals surface area (Å²) in [5.41, 5.74) is 4.92. The predicted molar refractivity (Wildman–Crippen MR) is 120 cm³/mol. The molecule has 0 N–H and O–H groups in total. The van der Waals surface area contributed by atoms with Crippen LogP contribution in [-0.4, -0.2) is 30.1 Å². The van der Waals surface area contributed by atoms with Crippen molar-refractivity contribution >= 4 is 28.8 Å². The largest absolute Gasteiger partial charge is 0.327 e. The van der Waals surface area contributed by atoms with E-state index in [9.17, 15) is 4.79 Å². The summed E-state index contributed by atoms with van der Waals surface area (Å²) in [5, 5.41) is 9.09. The number of carbonyl (C=O) groups excluding carboxylic acids is 1. The Balaban J connectivity index is 1.77. The standard InChI is InChI=1S/C23H23ClN6O/c1-12(2)29-14(4)25-19-21(29)20(16-6-8-17(24)9-7-16)30(23(19)31)18-10-13(3)22-27-26-15(5)28(22)11-18/h6-12,20H,1-5H3/t20-/m1/s1. The lowest BCUT2D eigenvalue weighted by atomic mass is 10.0. The molecule has 5 rings (SSSR count). The molecule has 0 aliphatic carbocycles. The molecule has 158 valence electrons. The van der Waals surface area contributed by atoms with Crippen molar-refractivity contribution < 1.29 is 4.79 Å². The van der Waals surface area contributed by atoms with Crippen LogP contribution in [0, 0.1) is 20.8 Å². The first kappa shape index (κ1) is 19.8. The zero-order valence-corrected chi connectivity index (χ0v) is 18.8. The SMILES string of the molecule is Cc1cc(N2C(=O)c3nc(C)n(C(C)C)c3[C@H]2c2ccc(Cl)cc2)cn2c(C)nnc12. The van der Waals surface area contributed by atoms with E-state index >= 15 is 0 Å². The number of amides is 1. The summed E-state index contributed by atoms with van der Waals surface area (Å²) in [5.74, 6) is 1.50. The monoisotopic (exact) mass is 434 g/mol. The number of imidazole rings is 1. The summed E-state index contributed by atoms with van der Waals surface area (Å²) in [6.07, 6.45) is 1.93. The Labute approximate surface area is 185 Å². The lowest BCUT2D eigenvalue weighted by Crippen LogP contribution is -2.30. The average molecular weight is 435 g/mol. The minimum atomic E-state index is -0.308. The van der Waals surface area contributed by atoms with Gasteiger partial charge in [-0.15, -0.1) is 10.2 Å². The van der Waals surface area contributed by atoms with Gasteiger partial charge >= 0.3 is 0 Å². The fourth-order valence-electron chi connectivity index (χ4n) is 4.58. The van der Waals surface area contributed by atoms with Gasteiger partial charge in [0.1, 0.15) is 17.7 Å². The molecule has 4 aromatic rings. The van der Waals surface area contributed by atoms with Crippen LogP contribution in [0.15, 0.2) is 36.5 Å². The van der Waals surface area contributed by atoms with Crippen molar-refractivity contribution in [2.24, 2.45) is 0 Å². The van der Waals surface area contributed by atoms with Gasteiger partial charge < -0.3 is 4.57 Å². The number of hydrogen-bond acceptors (Lipinski definition) is 4. The topological polar surface area (TPSA) is 68.3 Å². The van der Waals surface area contributed by atoms with E-state index in [4.69, 9.17) is 11.6 Å². The number of rotatable bonds is 3. The van der Waals surface area contributed by atoms with Crippen molar-refractivity contribution in [1.29, 1.82) is 0 Å². The second kappa shape index (κ2) is 6.92. The molecule has 0 saturated carbocycles. The van der Waals surface area contributed by atoms with Gasteiger partial charge in [0.05, 0.1) is 11.4 Å². The first-order valence-electron chi connectivity index (χ1n) is 10.3. The third kappa shape index (κ3) is 2.87. The van der Waals surface area contributed by atoms with E-state index in [-0.39, 0.29) is 18.0 Å². The van der Waals surface area contributed by atoms with Crippen LogP contribution in [0.5, 0.6) is 0 Å². The Morgan fingerprint density at radius 3 is 2.42 bits per heavy atom. The van der Waals surface area contributed by atoms with Gasteiger partial charge in [-0.25, -0.2) is 4.98 Å². The van der Waals surface area contributed by atoms with Crippen LogP contribution in [0.3, 0.4) is 0 Å². The molecular weight excluding hydrogens is 412 g/mol. The number of benzene rings is 1. The Morgan fingerprint density at radius 2 is 1.74 bits per heavy atom. The summed E-state index contributed by atoms with van der Waals surface area (Å²) in [7, 11) is 0. The van der Waals surface area contributed by atoms with Gasteiger partial charge in [0.15, 0.2) is 11.3 Å². The molecule has 0 saturated heterocycles. The molecule has 0 fully saturated rings. The lowest BCUT2D eigenvalue weighted by molar-refractivity contribution is 0.0989. The van der Waals surface area contributed by atoms with E-state index in [1.807, 2.05) is 66.6 Å². The van der Waals surface area contributed by atoms with Crippen LogP contribution in [-0.2, 0) is 0 Å². The summed E-state index contributed by atoms with van der Waals surface area (Å²) < 4.78 is 4.08. The Bertz CT molecular complexity index is 1330. The number of aromatic nitrogens is 5. The number of hydrogen-bond donors (Lipinski definition) is 0. The number of halogens is 1. The second-order valence-electron chi connectivity index (χ2n) is 8.31. The molecule has 1 aromatic carbocycles. The van der Waals surface area contributed by atoms with Crippen LogP contribution in [0.1, 0.15) is 64.9 Å². The zero-order chi connectivity index (χ0) is 22.0. The number of anilines is 1. The second-order valence-corrected chi connectivity index (χ2v) is 8.74. The number of carbonyl (C=O) groups is 1. The molecule has 0 spiro atoms. The Kier molecular flexibility index (Phi) is 4.41. The fourth-order valence-corrected chi connectivity index (χ4v) is 4.71. The number of aryl methyl sites for hydroxylation is 3. The number of nitrogens with zero attached hydrogens (tertiary/aromatic N) is 6. The van der Waals surface area contributed by atoms with Crippen LogP contribution in [0.2, 0.25) is 5.02 Å². The minimum absolute atomic E-state index is 0.109. The summed E-state index contributed by atoms with van der Waals surface area (Å²) in [6, 6.07) is 9.52. The summed E-state index contributed by atoms with van der Waals surface area (Å²) in [4.78, 5) is 20.2. The molecular formula is C23H23ClN6O. The Hall–Kier alpha value is -3.19. The average Bonchev–Trinajstić information content (AvgIpc) is 3.34. The van der Waals surface area contributed by atoms with Gasteiger partial charge in [-0.3, -0.25) is 14.1 Å². The fraction of sp³-hybridized carbons (Fsp3) is 0.304. The normalized spacial score (nSPS) is 16.0. The molecule has 3 aromatic heterocycles. The maximum Gasteiger partial charge on any atom is 0.279 e. The van der Waals surface area contributed by atoms with E-state index in [0.717, 1.165) is 39.8 Å². The van der Waals surface area contributed by atoms with Crippen LogP contribution >= 0.6 is 11.6 Å². The summed E-state index contributed by atoms with van der Waals surface area (Å²) >= 11 is 6.16. The lowest BCUT2D eigenvalue weighted by Gasteiger charge is -2.28. The molecule has 8 heteroatoms. The molecule has 31 heavy (non-hydrogen) atoms. The quantitative estimate of drug-likeness (QED) is 0.463. The van der Waals surface area contributed by atoms with Gasteiger partial charge in [-0.05, 0) is 63.9 Å². The molecule has 1 atom stereocenters. The van der Waals surface area contributed by atoms with Gasteiger partial charge in [0.2, 0.25) is 0 Å². The third-order valence-electron chi connectivity index (χ3n) is 5.89. The smallest absolute Gasteiger partial charge is 0.279 e. The highest BCUT2D eigenvalue weighted by molar-refractivity contribution is 6.30. The van der Waals surface area contributed by atoms with Crippen LogP contribution < -0.4 is 4.90 Å². The van der Waals surface area contributed by atoms with Crippen molar-refractivity contribution in [2.75, 3.05) is 4.90 Å². The highest BCUT2D eigenvalue weighted by Crippen LogP contribution is 2.43. The van der Waals surface area contributed by atoms with Crippen LogP contribution in [0.4, 0.5) is 5.69 Å². The number of fused-ring (bicyclic) bond motifs is 2. The summed E-state index contributed by atoms with van der Waals surface area (Å²) in [6.45, 7) is 10.0. The highest BCUT2D eigenvalue weighted by atomic mass is 35.5. The number of pyridine rings is 1. The first-order valence-corrected chi connectivity index (χ1v) is 10.7. The first-order chi connectivity index (χ1) is 14.8. The molecule has 0 unspecified atom stereocenters. The van der Waals surface area contributed by atoms with E-state index in [0.29, 0.717) is 10.7 Å². The van der Waals surface area contributed by atoms with E-state index < -0.39 is 0 Å². The van der Waals surface area contributed by atoms with E-state index in [1.165, 1.54) is 0 Å². The van der Waals surface area contributed by atoms with Gasteiger partial charge in [0, 0.05) is 17.3 Å². The molecule has 0 radical (unpaired) electrons. The van der Waals surface area contributed by atoms with Gasteiger partial charge in [-0.1, -0.05) is 23.7 Å². The molecule has 0 bridgehead atoms. The molecule has 7 nitrogen and oxygen atoms in total. The van der Waals surface area contributed by atoms with Crippen molar-refractivity contribution in [3.63, 3.8) is 0 Å². The van der Waals surface area contributed by atoms with Crippen LogP contribution in [0.25, 0.3) is 5.65 Å². The van der Waals surface area contributed by atoms with Crippen molar-refractivity contribution in [1.82, 2.24) is 24.1 Å². The van der Waals surface area contributed by atoms with Gasteiger partial charge in [-0.2, -0.15) is 0 Å². The predicted octanol–water partition coefficient (Wildman–Crippen LogP) is 4.84. The van der Waals surface area contributed by atoms with Crippen molar-refractivity contribution in [3.05, 3.63) is 75.7 Å². The molecule has 1 aliphatic rings. The third-order valence-corrected chi connectivity index (χ3v) is 6.14. The van der Waals surface area contributed by atoms with Gasteiger partial charge in [0.25, 0.3) is 5.91 Å². The van der Waals surface area contributed by atoms with Crippen molar-refractivity contribution in [2.45, 2.75) is 46.7 Å². The van der Waals surface area contributed by atoms with Crippen molar-refractivity contribution in [3.8, 4) is 0 Å². The van der Waals surface area contributed by atoms with E-state index in [2.05, 4.69) is 33.6 Å². The molecule has 1 amide bonds. The minimum Gasteiger partial charge on any atom is -0.327 e. The maximum absolute atomic E-state index is 13.7.